The molecule has 0 aromatic heterocycles. The number of nitrogens with zero attached hydrogens (tertiary/aromatic N) is 3. The quantitative estimate of drug-likeness (QED) is 0.841. The zero-order valence-corrected chi connectivity index (χ0v) is 14.2. The van der Waals surface area contributed by atoms with E-state index in [0.29, 0.717) is 12.1 Å². The molecule has 0 atom stereocenters. The van der Waals surface area contributed by atoms with Gasteiger partial charge in [0.1, 0.15) is 11.5 Å². The third kappa shape index (κ3) is 4.14. The lowest BCUT2D eigenvalue weighted by molar-refractivity contribution is -0.132. The number of hydrogen-bond acceptors (Lipinski definition) is 4. The van der Waals surface area contributed by atoms with Crippen LogP contribution in [0.1, 0.15) is 24.8 Å². The zero-order valence-electron chi connectivity index (χ0n) is 13.4. The van der Waals surface area contributed by atoms with E-state index in [4.69, 9.17) is 0 Å². The zero-order chi connectivity index (χ0) is 16.9. The van der Waals surface area contributed by atoms with Gasteiger partial charge >= 0.3 is 0 Å². The first-order valence-electron chi connectivity index (χ1n) is 8.13. The van der Waals surface area contributed by atoms with Gasteiger partial charge in [0.2, 0.25) is 5.91 Å². The Bertz CT molecular complexity index is 640. The topological polar surface area (TPSA) is 53.0 Å². The Morgan fingerprint density at radius 1 is 1.17 bits per heavy atom. The Hall–Kier alpha value is -1.89. The molecule has 3 rings (SSSR count). The number of thioether (sulfide) groups is 1. The lowest BCUT2D eigenvalue weighted by Crippen LogP contribution is -2.42. The molecule has 0 N–H and O–H groups in total. The number of benzene rings is 1. The van der Waals surface area contributed by atoms with Gasteiger partial charge in [-0.05, 0) is 29.9 Å². The van der Waals surface area contributed by atoms with Crippen molar-refractivity contribution in [3.8, 4) is 0 Å². The Morgan fingerprint density at radius 2 is 1.96 bits per heavy atom. The van der Waals surface area contributed by atoms with Gasteiger partial charge in [-0.3, -0.25) is 9.59 Å². The molecule has 2 amide bonds. The first-order valence-corrected chi connectivity index (χ1v) is 9.28. The Balaban J connectivity index is 1.72. The third-order valence-electron chi connectivity index (χ3n) is 4.11. The van der Waals surface area contributed by atoms with Crippen molar-refractivity contribution in [3.63, 3.8) is 0 Å². The Morgan fingerprint density at radius 3 is 2.75 bits per heavy atom. The number of carbonyl (C=O) groups is 2. The number of halogens is 1. The highest BCUT2D eigenvalue weighted by Gasteiger charge is 2.27. The van der Waals surface area contributed by atoms with E-state index in [1.165, 1.54) is 17.1 Å². The second-order valence-corrected chi connectivity index (χ2v) is 7.11. The molecule has 1 aromatic carbocycles. The molecule has 128 valence electrons. The summed E-state index contributed by atoms with van der Waals surface area (Å²) in [5.74, 6) is 1.53. The van der Waals surface area contributed by atoms with Crippen molar-refractivity contribution in [2.24, 2.45) is 5.10 Å². The van der Waals surface area contributed by atoms with Gasteiger partial charge < -0.3 is 4.90 Å². The molecule has 0 aliphatic carbocycles. The highest BCUT2D eigenvalue weighted by atomic mass is 32.2. The van der Waals surface area contributed by atoms with Crippen molar-refractivity contribution in [1.82, 2.24) is 9.91 Å². The van der Waals surface area contributed by atoms with Crippen molar-refractivity contribution >= 4 is 29.3 Å². The summed E-state index contributed by atoms with van der Waals surface area (Å²) in [4.78, 5) is 26.6. The number of hydrazone groups is 1. The molecule has 0 saturated carbocycles. The Labute approximate surface area is 144 Å². The fraction of sp³-hybridized carbons (Fsp3) is 0.471. The SMILES string of the molecule is O=C(C1=NN(Cc2ccc(F)cc2)C(=O)CC1)N1CCCSCC1. The van der Waals surface area contributed by atoms with Crippen molar-refractivity contribution < 1.29 is 14.0 Å². The fourth-order valence-electron chi connectivity index (χ4n) is 2.77. The number of amides is 2. The second-order valence-electron chi connectivity index (χ2n) is 5.88. The summed E-state index contributed by atoms with van der Waals surface area (Å²) >= 11 is 1.86. The average molecular weight is 349 g/mol. The van der Waals surface area contributed by atoms with Crippen molar-refractivity contribution in [2.75, 3.05) is 24.6 Å². The fourth-order valence-corrected chi connectivity index (χ4v) is 3.66. The van der Waals surface area contributed by atoms with Crippen LogP contribution in [0, 0.1) is 5.82 Å². The van der Waals surface area contributed by atoms with E-state index < -0.39 is 0 Å². The average Bonchev–Trinajstić information content (AvgIpc) is 2.87. The van der Waals surface area contributed by atoms with Crippen LogP contribution in [0.4, 0.5) is 4.39 Å². The maximum absolute atomic E-state index is 13.0. The molecule has 0 unspecified atom stereocenters. The predicted octanol–water partition coefficient (Wildman–Crippen LogP) is 2.27. The van der Waals surface area contributed by atoms with Gasteiger partial charge in [0.15, 0.2) is 0 Å². The van der Waals surface area contributed by atoms with Crippen LogP contribution in [-0.2, 0) is 16.1 Å². The van der Waals surface area contributed by atoms with E-state index in [0.717, 1.165) is 36.6 Å². The van der Waals surface area contributed by atoms with Crippen LogP contribution >= 0.6 is 11.8 Å². The molecular weight excluding hydrogens is 329 g/mol. The van der Waals surface area contributed by atoms with Crippen molar-refractivity contribution in [2.45, 2.75) is 25.8 Å². The highest BCUT2D eigenvalue weighted by molar-refractivity contribution is 7.99. The molecule has 1 saturated heterocycles. The van der Waals surface area contributed by atoms with Crippen LogP contribution in [0.15, 0.2) is 29.4 Å². The standard InChI is InChI=1S/C17H20FN3O2S/c18-14-4-2-13(3-5-14)12-21-16(22)7-6-15(19-21)17(23)20-8-1-10-24-11-9-20/h2-5H,1,6-12H2. The summed E-state index contributed by atoms with van der Waals surface area (Å²) in [7, 11) is 0. The summed E-state index contributed by atoms with van der Waals surface area (Å²) in [6.45, 7) is 1.73. The van der Waals surface area contributed by atoms with E-state index >= 15 is 0 Å². The molecular formula is C17H20FN3O2S. The molecule has 2 aliphatic heterocycles. The molecule has 0 radical (unpaired) electrons. The van der Waals surface area contributed by atoms with Crippen LogP contribution < -0.4 is 0 Å². The molecule has 2 aliphatic rings. The Kier molecular flexibility index (Phi) is 5.50. The number of rotatable bonds is 3. The lowest BCUT2D eigenvalue weighted by Gasteiger charge is -2.26. The van der Waals surface area contributed by atoms with E-state index in [1.807, 2.05) is 16.7 Å². The molecule has 0 bridgehead atoms. The number of carbonyl (C=O) groups excluding carboxylic acids is 2. The molecule has 1 aromatic rings. The molecule has 1 fully saturated rings. The molecule has 2 heterocycles. The molecule has 7 heteroatoms. The maximum atomic E-state index is 13.0. The second kappa shape index (κ2) is 7.79. The van der Waals surface area contributed by atoms with Gasteiger partial charge in [-0.15, -0.1) is 0 Å². The first-order chi connectivity index (χ1) is 11.6. The van der Waals surface area contributed by atoms with E-state index in [1.54, 1.807) is 12.1 Å². The van der Waals surface area contributed by atoms with Gasteiger partial charge in [-0.25, -0.2) is 9.40 Å². The normalized spacial score (nSPS) is 19.0. The van der Waals surface area contributed by atoms with Gasteiger partial charge in [0.05, 0.1) is 6.54 Å². The minimum atomic E-state index is -0.317. The summed E-state index contributed by atoms with van der Waals surface area (Å²) in [6, 6.07) is 5.96. The van der Waals surface area contributed by atoms with Crippen molar-refractivity contribution in [1.29, 1.82) is 0 Å². The third-order valence-corrected chi connectivity index (χ3v) is 5.16. The van der Waals surface area contributed by atoms with Gasteiger partial charge in [-0.1, -0.05) is 12.1 Å². The van der Waals surface area contributed by atoms with E-state index in [2.05, 4.69) is 5.10 Å². The first kappa shape index (κ1) is 17.0. The van der Waals surface area contributed by atoms with Crippen molar-refractivity contribution in [3.05, 3.63) is 35.6 Å². The van der Waals surface area contributed by atoms with E-state index in [9.17, 15) is 14.0 Å². The van der Waals surface area contributed by atoms with Crippen LogP contribution in [-0.4, -0.2) is 52.0 Å². The lowest BCUT2D eigenvalue weighted by atomic mass is 10.1. The maximum Gasteiger partial charge on any atom is 0.270 e. The molecule has 5 nitrogen and oxygen atoms in total. The van der Waals surface area contributed by atoms with Gasteiger partial charge in [-0.2, -0.15) is 16.9 Å². The minimum absolute atomic E-state index is 0.0610. The van der Waals surface area contributed by atoms with Crippen LogP contribution in [0.3, 0.4) is 0 Å². The summed E-state index contributed by atoms with van der Waals surface area (Å²) in [6.07, 6.45) is 1.66. The monoisotopic (exact) mass is 349 g/mol. The number of hydrogen-bond donors (Lipinski definition) is 0. The smallest absolute Gasteiger partial charge is 0.270 e. The summed E-state index contributed by atoms with van der Waals surface area (Å²) in [5.41, 5.74) is 1.23. The molecule has 24 heavy (non-hydrogen) atoms. The van der Waals surface area contributed by atoms with Crippen LogP contribution in [0.25, 0.3) is 0 Å². The highest BCUT2D eigenvalue weighted by Crippen LogP contribution is 2.17. The van der Waals surface area contributed by atoms with E-state index in [-0.39, 0.29) is 30.6 Å². The van der Waals surface area contributed by atoms with Gasteiger partial charge in [0, 0.05) is 31.7 Å². The van der Waals surface area contributed by atoms with Crippen LogP contribution in [0.2, 0.25) is 0 Å². The largest absolute Gasteiger partial charge is 0.337 e. The van der Waals surface area contributed by atoms with Gasteiger partial charge in [0.25, 0.3) is 5.91 Å². The minimum Gasteiger partial charge on any atom is -0.337 e. The summed E-state index contributed by atoms with van der Waals surface area (Å²) in [5, 5.41) is 5.62. The van der Waals surface area contributed by atoms with Crippen LogP contribution in [0.5, 0.6) is 0 Å². The summed E-state index contributed by atoms with van der Waals surface area (Å²) < 4.78 is 13.0. The predicted molar refractivity (Wildman–Crippen MR) is 92.1 cm³/mol. The molecule has 0 spiro atoms.